The lowest BCUT2D eigenvalue weighted by Crippen LogP contribution is -2.21. The zero-order valence-electron chi connectivity index (χ0n) is 9.32. The Morgan fingerprint density at radius 1 is 1.50 bits per heavy atom. The molecule has 80 valence electrons. The minimum atomic E-state index is 0.858. The van der Waals surface area contributed by atoms with Gasteiger partial charge in [-0.3, -0.25) is 0 Å². The highest BCUT2D eigenvalue weighted by Gasteiger charge is 2.01. The summed E-state index contributed by atoms with van der Waals surface area (Å²) in [5, 5.41) is 3.28. The third-order valence-electron chi connectivity index (χ3n) is 2.12. The van der Waals surface area contributed by atoms with E-state index < -0.39 is 0 Å². The lowest BCUT2D eigenvalue weighted by atomic mass is 10.5. The van der Waals surface area contributed by atoms with E-state index >= 15 is 0 Å². The molecule has 0 radical (unpaired) electrons. The molecule has 0 amide bonds. The highest BCUT2D eigenvalue weighted by Crippen LogP contribution is 1.97. The smallest absolute Gasteiger partial charge is 0.122 e. The number of rotatable bonds is 6. The summed E-state index contributed by atoms with van der Waals surface area (Å²) < 4.78 is 2.20. The van der Waals surface area contributed by atoms with Gasteiger partial charge >= 0.3 is 0 Å². The maximum atomic E-state index is 4.31. The van der Waals surface area contributed by atoms with Crippen LogP contribution in [0.1, 0.15) is 12.7 Å². The lowest BCUT2D eigenvalue weighted by Gasteiger charge is -2.12. The van der Waals surface area contributed by atoms with Gasteiger partial charge in [-0.15, -0.1) is 0 Å². The van der Waals surface area contributed by atoms with Crippen molar-refractivity contribution >= 4 is 0 Å². The van der Waals surface area contributed by atoms with Crippen LogP contribution in [0.2, 0.25) is 0 Å². The van der Waals surface area contributed by atoms with Crippen LogP contribution in [0.25, 0.3) is 0 Å². The molecule has 0 unspecified atom stereocenters. The van der Waals surface area contributed by atoms with E-state index in [9.17, 15) is 0 Å². The molecule has 0 aromatic carbocycles. The van der Waals surface area contributed by atoms with Crippen LogP contribution >= 0.6 is 0 Å². The van der Waals surface area contributed by atoms with E-state index in [0.29, 0.717) is 0 Å². The Morgan fingerprint density at radius 3 is 2.93 bits per heavy atom. The molecule has 0 aliphatic carbocycles. The largest absolute Gasteiger partial charge is 0.333 e. The van der Waals surface area contributed by atoms with Gasteiger partial charge in [-0.25, -0.2) is 4.98 Å². The van der Waals surface area contributed by atoms with Gasteiger partial charge in [-0.05, 0) is 20.6 Å². The number of nitrogens with zero attached hydrogens (tertiary/aromatic N) is 3. The Hall–Kier alpha value is -0.870. The van der Waals surface area contributed by atoms with E-state index in [0.717, 1.165) is 32.0 Å². The second-order valence-electron chi connectivity index (χ2n) is 3.62. The van der Waals surface area contributed by atoms with Gasteiger partial charge in [0.1, 0.15) is 5.82 Å². The van der Waals surface area contributed by atoms with Gasteiger partial charge in [0.05, 0.1) is 6.54 Å². The van der Waals surface area contributed by atoms with E-state index in [1.54, 1.807) is 0 Å². The number of imidazole rings is 1. The van der Waals surface area contributed by atoms with Crippen molar-refractivity contribution in [3.8, 4) is 0 Å². The van der Waals surface area contributed by atoms with Gasteiger partial charge < -0.3 is 14.8 Å². The average Bonchev–Trinajstić information content (AvgIpc) is 2.58. The number of likely N-dealkylation sites (N-methyl/N-ethyl adjacent to an activating group) is 1. The van der Waals surface area contributed by atoms with Crippen LogP contribution in [0, 0.1) is 0 Å². The molecule has 0 atom stereocenters. The monoisotopic (exact) mass is 196 g/mol. The van der Waals surface area contributed by atoms with Crippen LogP contribution in [-0.2, 0) is 13.1 Å². The van der Waals surface area contributed by atoms with Gasteiger partial charge in [-0.2, -0.15) is 0 Å². The molecular weight excluding hydrogens is 176 g/mol. The Balaban J connectivity index is 2.45. The predicted molar refractivity (Wildman–Crippen MR) is 58.2 cm³/mol. The molecule has 0 spiro atoms. The third kappa shape index (κ3) is 3.47. The van der Waals surface area contributed by atoms with Crippen LogP contribution in [0.3, 0.4) is 0 Å². The number of hydrogen-bond acceptors (Lipinski definition) is 3. The van der Waals surface area contributed by atoms with E-state index in [-0.39, 0.29) is 0 Å². The van der Waals surface area contributed by atoms with Crippen molar-refractivity contribution in [3.63, 3.8) is 0 Å². The normalized spacial score (nSPS) is 11.1. The summed E-state index contributed by atoms with van der Waals surface area (Å²) in [5.41, 5.74) is 0. The lowest BCUT2D eigenvalue weighted by molar-refractivity contribution is 0.379. The zero-order chi connectivity index (χ0) is 10.4. The fourth-order valence-corrected chi connectivity index (χ4v) is 1.26. The number of hydrogen-bond donors (Lipinski definition) is 1. The van der Waals surface area contributed by atoms with Crippen molar-refractivity contribution in [1.82, 2.24) is 19.8 Å². The first-order valence-corrected chi connectivity index (χ1v) is 5.09. The second kappa shape index (κ2) is 5.78. The van der Waals surface area contributed by atoms with Gasteiger partial charge in [0.2, 0.25) is 0 Å². The van der Waals surface area contributed by atoms with E-state index in [4.69, 9.17) is 0 Å². The van der Waals surface area contributed by atoms with Crippen LogP contribution in [-0.4, -0.2) is 41.6 Å². The van der Waals surface area contributed by atoms with Crippen LogP contribution < -0.4 is 5.32 Å². The first-order valence-electron chi connectivity index (χ1n) is 5.09. The molecular formula is C10H20N4. The number of nitrogens with one attached hydrogen (secondary N) is 1. The fourth-order valence-electron chi connectivity index (χ4n) is 1.26. The molecule has 1 aromatic rings. The molecule has 0 bridgehead atoms. The quantitative estimate of drug-likeness (QED) is 0.721. The predicted octanol–water partition coefficient (Wildman–Crippen LogP) is 0.554. The minimum absolute atomic E-state index is 0.858. The standard InChI is InChI=1S/C10H20N4/c1-4-11-9-10-12-5-6-14(10)8-7-13(2)3/h5-6,11H,4,7-9H2,1-3H3. The molecule has 0 fully saturated rings. The summed E-state index contributed by atoms with van der Waals surface area (Å²) >= 11 is 0. The highest BCUT2D eigenvalue weighted by molar-refractivity contribution is 4.91. The summed E-state index contributed by atoms with van der Waals surface area (Å²) in [4.78, 5) is 6.49. The molecule has 1 rings (SSSR count). The van der Waals surface area contributed by atoms with Crippen molar-refractivity contribution in [3.05, 3.63) is 18.2 Å². The first kappa shape index (κ1) is 11.2. The molecule has 1 aromatic heterocycles. The molecule has 0 aliphatic rings. The van der Waals surface area contributed by atoms with Crippen LogP contribution in [0.15, 0.2) is 12.4 Å². The van der Waals surface area contributed by atoms with Gasteiger partial charge in [0, 0.05) is 25.5 Å². The van der Waals surface area contributed by atoms with Gasteiger partial charge in [0.25, 0.3) is 0 Å². The van der Waals surface area contributed by atoms with Crippen molar-refractivity contribution in [2.24, 2.45) is 0 Å². The maximum Gasteiger partial charge on any atom is 0.122 e. The Kier molecular flexibility index (Phi) is 4.62. The molecule has 4 nitrogen and oxygen atoms in total. The topological polar surface area (TPSA) is 33.1 Å². The molecule has 14 heavy (non-hydrogen) atoms. The van der Waals surface area contributed by atoms with Crippen molar-refractivity contribution < 1.29 is 0 Å². The summed E-state index contributed by atoms with van der Waals surface area (Å²) in [5.74, 6) is 1.12. The second-order valence-corrected chi connectivity index (χ2v) is 3.62. The Morgan fingerprint density at radius 2 is 2.29 bits per heavy atom. The molecule has 1 heterocycles. The Labute approximate surface area is 85.9 Å². The highest BCUT2D eigenvalue weighted by atomic mass is 15.1. The van der Waals surface area contributed by atoms with Gasteiger partial charge in [0.15, 0.2) is 0 Å². The molecule has 0 aliphatic heterocycles. The molecule has 1 N–H and O–H groups in total. The molecule has 4 heteroatoms. The maximum absolute atomic E-state index is 4.31. The van der Waals surface area contributed by atoms with Crippen LogP contribution in [0.4, 0.5) is 0 Å². The summed E-state index contributed by atoms with van der Waals surface area (Å²) in [6.07, 6.45) is 3.90. The zero-order valence-corrected chi connectivity index (χ0v) is 9.32. The van der Waals surface area contributed by atoms with Crippen LogP contribution in [0.5, 0.6) is 0 Å². The van der Waals surface area contributed by atoms with Crippen molar-refractivity contribution in [2.45, 2.75) is 20.0 Å². The molecule has 0 saturated heterocycles. The first-order chi connectivity index (χ1) is 6.74. The summed E-state index contributed by atoms with van der Waals surface area (Å²) in [6.45, 7) is 6.01. The third-order valence-corrected chi connectivity index (χ3v) is 2.12. The minimum Gasteiger partial charge on any atom is -0.333 e. The molecule has 0 saturated carbocycles. The van der Waals surface area contributed by atoms with Crippen molar-refractivity contribution in [1.29, 1.82) is 0 Å². The van der Waals surface area contributed by atoms with E-state index in [2.05, 4.69) is 40.8 Å². The summed E-state index contributed by atoms with van der Waals surface area (Å²) in [6, 6.07) is 0. The van der Waals surface area contributed by atoms with E-state index in [1.807, 2.05) is 12.4 Å². The van der Waals surface area contributed by atoms with E-state index in [1.165, 1.54) is 0 Å². The summed E-state index contributed by atoms with van der Waals surface area (Å²) in [7, 11) is 4.17. The fraction of sp³-hybridized carbons (Fsp3) is 0.700. The SMILES string of the molecule is CCNCc1nccn1CCN(C)C. The Bertz CT molecular complexity index is 254. The average molecular weight is 196 g/mol. The van der Waals surface area contributed by atoms with Crippen molar-refractivity contribution in [2.75, 3.05) is 27.2 Å². The number of aromatic nitrogens is 2. The van der Waals surface area contributed by atoms with Gasteiger partial charge in [-0.1, -0.05) is 6.92 Å².